The Balaban J connectivity index is 2.44. The molecule has 6 nitrogen and oxygen atoms in total. The molecule has 0 saturated carbocycles. The maximum atomic E-state index is 12.7. The van der Waals surface area contributed by atoms with Gasteiger partial charge in [0.05, 0.1) is 18.1 Å². The van der Waals surface area contributed by atoms with E-state index in [1.165, 1.54) is 11.2 Å². The lowest BCUT2D eigenvalue weighted by Gasteiger charge is -2.42. The van der Waals surface area contributed by atoms with Gasteiger partial charge in [0.1, 0.15) is 18.4 Å². The van der Waals surface area contributed by atoms with Gasteiger partial charge in [-0.05, 0) is 11.8 Å². The number of hydrogen-bond donors (Lipinski definition) is 1. The van der Waals surface area contributed by atoms with Gasteiger partial charge >= 0.3 is 0 Å². The summed E-state index contributed by atoms with van der Waals surface area (Å²) in [5, 5.41) is 2.84. The first kappa shape index (κ1) is 14.4. The minimum absolute atomic E-state index is 0.112. The Morgan fingerprint density at radius 2 is 1.85 bits per heavy atom. The second-order valence-corrected chi connectivity index (χ2v) is 6.04. The number of aromatic nitrogens is 2. The van der Waals surface area contributed by atoms with Crippen molar-refractivity contribution in [1.29, 1.82) is 0 Å². The number of nitrogens with one attached hydrogen (secondary N) is 1. The molecule has 1 fully saturated rings. The van der Waals surface area contributed by atoms with Crippen molar-refractivity contribution in [1.82, 2.24) is 15.3 Å². The Kier molecular flexibility index (Phi) is 3.74. The zero-order valence-electron chi connectivity index (χ0n) is 12.3. The topological polar surface area (TPSA) is 75.2 Å². The van der Waals surface area contributed by atoms with E-state index < -0.39 is 12.1 Å². The summed E-state index contributed by atoms with van der Waals surface area (Å²) in [6.45, 7) is 7.68. The smallest absolute Gasteiger partial charge is 0.250 e. The van der Waals surface area contributed by atoms with Crippen molar-refractivity contribution in [2.45, 2.75) is 46.2 Å². The third kappa shape index (κ3) is 2.50. The molecule has 1 saturated heterocycles. The van der Waals surface area contributed by atoms with Crippen LogP contribution in [-0.4, -0.2) is 33.9 Å². The minimum atomic E-state index is -0.544. The highest BCUT2D eigenvalue weighted by Crippen LogP contribution is 2.28. The summed E-state index contributed by atoms with van der Waals surface area (Å²) in [4.78, 5) is 34.4. The molecular formula is C14H20N4O2. The Morgan fingerprint density at radius 3 is 2.35 bits per heavy atom. The highest BCUT2D eigenvalue weighted by atomic mass is 16.2. The van der Waals surface area contributed by atoms with Crippen LogP contribution in [0.1, 0.15) is 34.1 Å². The maximum absolute atomic E-state index is 12.7. The molecule has 0 aliphatic carbocycles. The molecule has 1 N–H and O–H groups in total. The summed E-state index contributed by atoms with van der Waals surface area (Å²) in [7, 11) is 0. The number of piperazine rings is 1. The highest BCUT2D eigenvalue weighted by Gasteiger charge is 2.45. The molecule has 0 aromatic carbocycles. The first-order valence-electron chi connectivity index (χ1n) is 6.74. The van der Waals surface area contributed by atoms with E-state index in [9.17, 15) is 9.59 Å². The molecule has 2 rings (SSSR count). The molecule has 0 radical (unpaired) electrons. The van der Waals surface area contributed by atoms with Crippen LogP contribution < -0.4 is 10.2 Å². The fourth-order valence-electron chi connectivity index (χ4n) is 2.39. The average Bonchev–Trinajstić information content (AvgIpc) is 2.40. The zero-order chi connectivity index (χ0) is 14.9. The van der Waals surface area contributed by atoms with E-state index in [-0.39, 0.29) is 17.2 Å². The molecule has 1 aromatic rings. The second-order valence-electron chi connectivity index (χ2n) is 6.04. The van der Waals surface area contributed by atoms with Crippen LogP contribution >= 0.6 is 0 Å². The van der Waals surface area contributed by atoms with Crippen LogP contribution in [0.15, 0.2) is 18.7 Å². The lowest BCUT2D eigenvalue weighted by molar-refractivity contribution is -0.136. The maximum Gasteiger partial charge on any atom is 0.250 e. The first-order chi connectivity index (χ1) is 9.36. The number of carbonyl (C=O) groups excluding carboxylic acids is 2. The Hall–Kier alpha value is -1.98. The van der Waals surface area contributed by atoms with Crippen molar-refractivity contribution in [2.24, 2.45) is 5.41 Å². The third-order valence-electron chi connectivity index (χ3n) is 3.46. The van der Waals surface area contributed by atoms with Crippen LogP contribution in [0.2, 0.25) is 0 Å². The van der Waals surface area contributed by atoms with Gasteiger partial charge in [-0.1, -0.05) is 27.7 Å². The van der Waals surface area contributed by atoms with Gasteiger partial charge in [0, 0.05) is 0 Å². The van der Waals surface area contributed by atoms with Crippen LogP contribution in [-0.2, 0) is 9.59 Å². The summed E-state index contributed by atoms with van der Waals surface area (Å²) in [6.07, 6.45) is 5.07. The van der Waals surface area contributed by atoms with Crippen LogP contribution in [0.25, 0.3) is 0 Å². The van der Waals surface area contributed by atoms with Gasteiger partial charge in [-0.25, -0.2) is 9.97 Å². The van der Waals surface area contributed by atoms with E-state index in [0.29, 0.717) is 12.1 Å². The number of carbonyl (C=O) groups is 2. The Labute approximate surface area is 118 Å². The normalized spacial score (nSPS) is 23.7. The largest absolute Gasteiger partial charge is 0.342 e. The Bertz CT molecular complexity index is 510. The van der Waals surface area contributed by atoms with E-state index in [2.05, 4.69) is 15.3 Å². The van der Waals surface area contributed by atoms with Crippen molar-refractivity contribution in [3.8, 4) is 0 Å². The molecule has 20 heavy (non-hydrogen) atoms. The van der Waals surface area contributed by atoms with Gasteiger partial charge in [-0.2, -0.15) is 0 Å². The predicted octanol–water partition coefficient (Wildman–Crippen LogP) is 1.13. The lowest BCUT2D eigenvalue weighted by Crippen LogP contribution is -2.66. The van der Waals surface area contributed by atoms with Crippen LogP contribution in [0.4, 0.5) is 5.69 Å². The molecule has 1 aromatic heterocycles. The third-order valence-corrected chi connectivity index (χ3v) is 3.46. The number of nitrogens with zero attached hydrogens (tertiary/aromatic N) is 3. The molecule has 2 atom stereocenters. The summed E-state index contributed by atoms with van der Waals surface area (Å²) in [5.74, 6) is -0.241. The second kappa shape index (κ2) is 5.19. The fraction of sp³-hybridized carbons (Fsp3) is 0.571. The van der Waals surface area contributed by atoms with E-state index in [4.69, 9.17) is 0 Å². The summed E-state index contributed by atoms with van der Waals surface area (Å²) >= 11 is 0. The van der Waals surface area contributed by atoms with E-state index in [0.717, 1.165) is 0 Å². The zero-order valence-corrected chi connectivity index (χ0v) is 12.3. The number of rotatable bonds is 2. The average molecular weight is 276 g/mol. The molecule has 2 unspecified atom stereocenters. The van der Waals surface area contributed by atoms with Crippen molar-refractivity contribution in [3.05, 3.63) is 18.7 Å². The molecule has 6 heteroatoms. The van der Waals surface area contributed by atoms with Crippen molar-refractivity contribution < 1.29 is 9.59 Å². The van der Waals surface area contributed by atoms with Gasteiger partial charge in [0.15, 0.2) is 0 Å². The quantitative estimate of drug-likeness (QED) is 0.878. The molecule has 108 valence electrons. The summed E-state index contributed by atoms with van der Waals surface area (Å²) in [6, 6.07) is -1.05. The molecule has 1 aliphatic heterocycles. The van der Waals surface area contributed by atoms with Crippen molar-refractivity contribution >= 4 is 17.5 Å². The lowest BCUT2D eigenvalue weighted by atomic mass is 9.83. The first-order valence-corrected chi connectivity index (χ1v) is 6.74. The van der Waals surface area contributed by atoms with Gasteiger partial charge in [-0.15, -0.1) is 0 Å². The molecule has 1 aliphatic rings. The standard InChI is InChI=1S/C14H20N4O2/c1-5-10-12(19)17-11(14(2,3)4)13(20)18(10)9-6-15-8-16-7-9/h6-8,10-11H,5H2,1-4H3,(H,17,19). The SMILES string of the molecule is CCC1C(=O)NC(C(C)(C)C)C(=O)N1c1cncnc1. The van der Waals surface area contributed by atoms with Crippen molar-refractivity contribution in [2.75, 3.05) is 4.90 Å². The molecule has 2 amide bonds. The minimum Gasteiger partial charge on any atom is -0.342 e. The molecule has 0 spiro atoms. The molecular weight excluding hydrogens is 256 g/mol. The van der Waals surface area contributed by atoms with Crippen molar-refractivity contribution in [3.63, 3.8) is 0 Å². The fourth-order valence-corrected chi connectivity index (χ4v) is 2.39. The Morgan fingerprint density at radius 1 is 1.25 bits per heavy atom. The molecule has 2 heterocycles. The summed E-state index contributed by atoms with van der Waals surface area (Å²) in [5.41, 5.74) is 0.216. The van der Waals surface area contributed by atoms with Gasteiger partial charge in [-0.3, -0.25) is 14.5 Å². The highest BCUT2D eigenvalue weighted by molar-refractivity contribution is 6.08. The van der Waals surface area contributed by atoms with E-state index in [1.807, 2.05) is 27.7 Å². The number of hydrogen-bond acceptors (Lipinski definition) is 4. The van der Waals surface area contributed by atoms with Gasteiger partial charge in [0.2, 0.25) is 5.91 Å². The summed E-state index contributed by atoms with van der Waals surface area (Å²) < 4.78 is 0. The molecule has 0 bridgehead atoms. The van der Waals surface area contributed by atoms with E-state index in [1.54, 1.807) is 12.4 Å². The van der Waals surface area contributed by atoms with E-state index >= 15 is 0 Å². The van der Waals surface area contributed by atoms with Crippen LogP contribution in [0.3, 0.4) is 0 Å². The monoisotopic (exact) mass is 276 g/mol. The number of anilines is 1. The predicted molar refractivity (Wildman–Crippen MR) is 75.0 cm³/mol. The number of amides is 2. The van der Waals surface area contributed by atoms with Crippen LogP contribution in [0, 0.1) is 5.41 Å². The van der Waals surface area contributed by atoms with Gasteiger partial charge in [0.25, 0.3) is 5.91 Å². The van der Waals surface area contributed by atoms with Crippen LogP contribution in [0.5, 0.6) is 0 Å². The van der Waals surface area contributed by atoms with Gasteiger partial charge < -0.3 is 5.32 Å².